The summed E-state index contributed by atoms with van der Waals surface area (Å²) < 4.78 is 15.3. The molecule has 0 radical (unpaired) electrons. The fraction of sp³-hybridized carbons (Fsp3) is 0.400. The normalized spacial score (nSPS) is 16.1. The smallest absolute Gasteiger partial charge is 0.315 e. The molecular formula is C10H11NO6. The van der Waals surface area contributed by atoms with Crippen LogP contribution in [0.15, 0.2) is 12.1 Å². The fourth-order valence-corrected chi connectivity index (χ4v) is 1.60. The van der Waals surface area contributed by atoms with Gasteiger partial charge in [0.15, 0.2) is 12.0 Å². The highest BCUT2D eigenvalue weighted by atomic mass is 16.7. The van der Waals surface area contributed by atoms with E-state index in [0.29, 0.717) is 18.8 Å². The number of methoxy groups -OCH3 is 1. The van der Waals surface area contributed by atoms with Gasteiger partial charge in [0.1, 0.15) is 0 Å². The molecule has 1 aliphatic heterocycles. The zero-order valence-corrected chi connectivity index (χ0v) is 9.08. The van der Waals surface area contributed by atoms with Gasteiger partial charge in [-0.2, -0.15) is 0 Å². The van der Waals surface area contributed by atoms with E-state index in [9.17, 15) is 15.2 Å². The van der Waals surface area contributed by atoms with Gasteiger partial charge in [-0.15, -0.1) is 0 Å². The third kappa shape index (κ3) is 2.15. The number of nitro benzene ring substituents is 1. The standard InChI is InChI=1S/C10H11NO6/c1-15-8-5-6(10-16-2-3-17-10)4-7(9(8)12)11(13)14/h4-5,10,12H,2-3H2,1H3. The van der Waals surface area contributed by atoms with Crippen molar-refractivity contribution in [3.63, 3.8) is 0 Å². The maximum Gasteiger partial charge on any atom is 0.315 e. The average Bonchev–Trinajstić information content (AvgIpc) is 2.82. The molecular weight excluding hydrogens is 230 g/mol. The van der Waals surface area contributed by atoms with Crippen LogP contribution in [0.2, 0.25) is 0 Å². The minimum atomic E-state index is -0.684. The number of hydrogen-bond donors (Lipinski definition) is 1. The largest absolute Gasteiger partial charge is 0.500 e. The Balaban J connectivity index is 2.46. The first kappa shape index (κ1) is 11.6. The molecule has 1 aromatic carbocycles. The van der Waals surface area contributed by atoms with Crippen molar-refractivity contribution in [1.29, 1.82) is 0 Å². The molecule has 1 aliphatic rings. The second-order valence-corrected chi connectivity index (χ2v) is 3.42. The van der Waals surface area contributed by atoms with Crippen LogP contribution in [-0.2, 0) is 9.47 Å². The lowest BCUT2D eigenvalue weighted by Gasteiger charge is -2.11. The van der Waals surface area contributed by atoms with Crippen molar-refractivity contribution in [1.82, 2.24) is 0 Å². The predicted octanol–water partition coefficient (Wildman–Crippen LogP) is 1.35. The lowest BCUT2D eigenvalue weighted by molar-refractivity contribution is -0.386. The maximum atomic E-state index is 10.8. The molecule has 1 N–H and O–H groups in total. The lowest BCUT2D eigenvalue weighted by atomic mass is 10.1. The van der Waals surface area contributed by atoms with Crippen molar-refractivity contribution >= 4 is 5.69 Å². The lowest BCUT2D eigenvalue weighted by Crippen LogP contribution is -2.01. The number of hydrogen-bond acceptors (Lipinski definition) is 6. The van der Waals surface area contributed by atoms with Gasteiger partial charge in [-0.1, -0.05) is 0 Å². The van der Waals surface area contributed by atoms with Crippen LogP contribution in [-0.4, -0.2) is 30.4 Å². The summed E-state index contributed by atoms with van der Waals surface area (Å²) in [6, 6.07) is 2.67. The van der Waals surface area contributed by atoms with Gasteiger partial charge < -0.3 is 19.3 Å². The number of phenolic OH excluding ortho intramolecular Hbond substituents is 1. The Morgan fingerprint density at radius 3 is 2.65 bits per heavy atom. The van der Waals surface area contributed by atoms with E-state index in [-0.39, 0.29) is 5.75 Å². The molecule has 1 saturated heterocycles. The van der Waals surface area contributed by atoms with Gasteiger partial charge in [0, 0.05) is 11.6 Å². The van der Waals surface area contributed by atoms with E-state index in [1.54, 1.807) is 0 Å². The summed E-state index contributed by atoms with van der Waals surface area (Å²) in [6.07, 6.45) is -0.650. The van der Waals surface area contributed by atoms with Crippen LogP contribution in [0, 0.1) is 10.1 Å². The van der Waals surface area contributed by atoms with Gasteiger partial charge in [0.2, 0.25) is 5.75 Å². The quantitative estimate of drug-likeness (QED) is 0.634. The molecule has 0 atom stereocenters. The molecule has 0 saturated carbocycles. The van der Waals surface area contributed by atoms with E-state index in [2.05, 4.69) is 0 Å². The molecule has 0 bridgehead atoms. The van der Waals surface area contributed by atoms with E-state index in [1.165, 1.54) is 19.2 Å². The van der Waals surface area contributed by atoms with Crippen LogP contribution in [0.1, 0.15) is 11.9 Å². The van der Waals surface area contributed by atoms with Crippen molar-refractivity contribution in [2.75, 3.05) is 20.3 Å². The molecule has 92 valence electrons. The second-order valence-electron chi connectivity index (χ2n) is 3.42. The van der Waals surface area contributed by atoms with Crippen molar-refractivity contribution < 1.29 is 24.2 Å². The summed E-state index contributed by atoms with van der Waals surface area (Å²) in [4.78, 5) is 10.1. The Labute approximate surface area is 96.7 Å². The molecule has 0 aromatic heterocycles. The number of aromatic hydroxyl groups is 1. The van der Waals surface area contributed by atoms with E-state index in [1.807, 2.05) is 0 Å². The Hall–Kier alpha value is -1.86. The first-order chi connectivity index (χ1) is 8.13. The maximum absolute atomic E-state index is 10.8. The Morgan fingerprint density at radius 1 is 1.47 bits per heavy atom. The van der Waals surface area contributed by atoms with Crippen LogP contribution in [0.3, 0.4) is 0 Å². The summed E-state index contributed by atoms with van der Waals surface area (Å²) in [6.45, 7) is 0.864. The number of nitro groups is 1. The molecule has 0 amide bonds. The number of nitrogens with zero attached hydrogens (tertiary/aromatic N) is 1. The van der Waals surface area contributed by atoms with Crippen molar-refractivity contribution in [3.8, 4) is 11.5 Å². The van der Waals surface area contributed by atoms with Crippen LogP contribution in [0.5, 0.6) is 11.5 Å². The van der Waals surface area contributed by atoms with Gasteiger partial charge >= 0.3 is 5.69 Å². The number of benzene rings is 1. The Kier molecular flexibility index (Phi) is 3.12. The molecule has 1 heterocycles. The predicted molar refractivity (Wildman–Crippen MR) is 56.0 cm³/mol. The zero-order valence-electron chi connectivity index (χ0n) is 9.08. The summed E-state index contributed by atoms with van der Waals surface area (Å²) in [5.74, 6) is -0.479. The molecule has 0 aliphatic carbocycles. The van der Waals surface area contributed by atoms with Crippen LogP contribution in [0.4, 0.5) is 5.69 Å². The minimum absolute atomic E-state index is 0.0216. The van der Waals surface area contributed by atoms with Crippen molar-refractivity contribution in [3.05, 3.63) is 27.8 Å². The molecule has 7 nitrogen and oxygen atoms in total. The highest BCUT2D eigenvalue weighted by molar-refractivity contribution is 5.57. The SMILES string of the molecule is COc1cc(C2OCCO2)cc([N+](=O)[O-])c1O. The van der Waals surface area contributed by atoms with Gasteiger partial charge in [0.25, 0.3) is 0 Å². The third-order valence-electron chi connectivity index (χ3n) is 2.39. The average molecular weight is 241 g/mol. The fourth-order valence-electron chi connectivity index (χ4n) is 1.60. The van der Waals surface area contributed by atoms with Gasteiger partial charge in [0.05, 0.1) is 25.2 Å². The summed E-state index contributed by atoms with van der Waals surface area (Å²) >= 11 is 0. The zero-order chi connectivity index (χ0) is 12.4. The van der Waals surface area contributed by atoms with E-state index >= 15 is 0 Å². The van der Waals surface area contributed by atoms with Crippen LogP contribution < -0.4 is 4.74 Å². The number of ether oxygens (including phenoxy) is 3. The first-order valence-electron chi connectivity index (χ1n) is 4.92. The van der Waals surface area contributed by atoms with Gasteiger partial charge in [-0.05, 0) is 6.07 Å². The molecule has 17 heavy (non-hydrogen) atoms. The topological polar surface area (TPSA) is 91.1 Å². The second kappa shape index (κ2) is 4.56. The molecule has 1 aromatic rings. The summed E-state index contributed by atoms with van der Waals surface area (Å²) in [5, 5.41) is 20.3. The summed E-state index contributed by atoms with van der Waals surface area (Å²) in [7, 11) is 1.32. The first-order valence-corrected chi connectivity index (χ1v) is 4.92. The Bertz CT molecular complexity index is 441. The monoisotopic (exact) mass is 241 g/mol. The third-order valence-corrected chi connectivity index (χ3v) is 2.39. The van der Waals surface area contributed by atoms with E-state index in [0.717, 1.165) is 0 Å². The van der Waals surface area contributed by atoms with Crippen molar-refractivity contribution in [2.45, 2.75) is 6.29 Å². The van der Waals surface area contributed by atoms with Crippen LogP contribution >= 0.6 is 0 Å². The molecule has 2 rings (SSSR count). The molecule has 7 heteroatoms. The summed E-state index contributed by atoms with van der Waals surface area (Å²) in [5.41, 5.74) is 0.0160. The molecule has 0 unspecified atom stereocenters. The number of rotatable bonds is 3. The number of phenols is 1. The molecule has 0 spiro atoms. The van der Waals surface area contributed by atoms with Crippen molar-refractivity contribution in [2.24, 2.45) is 0 Å². The van der Waals surface area contributed by atoms with Gasteiger partial charge in [-0.3, -0.25) is 10.1 Å². The Morgan fingerprint density at radius 2 is 2.12 bits per heavy atom. The van der Waals surface area contributed by atoms with E-state index in [4.69, 9.17) is 14.2 Å². The minimum Gasteiger partial charge on any atom is -0.500 e. The molecule has 1 fully saturated rings. The highest BCUT2D eigenvalue weighted by Gasteiger charge is 2.26. The van der Waals surface area contributed by atoms with Crippen LogP contribution in [0.25, 0.3) is 0 Å². The van der Waals surface area contributed by atoms with Gasteiger partial charge in [-0.25, -0.2) is 0 Å². The van der Waals surface area contributed by atoms with E-state index < -0.39 is 22.7 Å². The highest BCUT2D eigenvalue weighted by Crippen LogP contribution is 2.39.